The Labute approximate surface area is 102 Å². The van der Waals surface area contributed by atoms with Crippen LogP contribution in [0.4, 0.5) is 0 Å². The molecular formula is C14H14O2S. The fourth-order valence-corrected chi connectivity index (χ4v) is 4.96. The lowest BCUT2D eigenvalue weighted by atomic mass is 10.0. The van der Waals surface area contributed by atoms with Gasteiger partial charge in [-0.05, 0) is 30.4 Å². The van der Waals surface area contributed by atoms with Gasteiger partial charge in [-0.2, -0.15) is 0 Å². The fraction of sp³-hybridized carbons (Fsp3) is 0.286. The maximum absolute atomic E-state index is 12.5. The first-order valence-corrected chi connectivity index (χ1v) is 7.31. The van der Waals surface area contributed by atoms with E-state index in [-0.39, 0.29) is 11.8 Å². The molecule has 17 heavy (non-hydrogen) atoms. The first-order valence-electron chi connectivity index (χ1n) is 5.76. The maximum atomic E-state index is 12.5. The lowest BCUT2D eigenvalue weighted by molar-refractivity contribution is 0.573. The quantitative estimate of drug-likeness (QED) is 0.752. The first kappa shape index (κ1) is 10.8. The summed E-state index contributed by atoms with van der Waals surface area (Å²) in [6, 6.07) is 8.68. The highest BCUT2D eigenvalue weighted by molar-refractivity contribution is 7.92. The second kappa shape index (κ2) is 3.57. The van der Waals surface area contributed by atoms with Gasteiger partial charge in [0, 0.05) is 0 Å². The van der Waals surface area contributed by atoms with Crippen molar-refractivity contribution in [3.63, 3.8) is 0 Å². The number of sulfone groups is 1. The van der Waals surface area contributed by atoms with Crippen molar-refractivity contribution in [3.8, 4) is 0 Å². The predicted molar refractivity (Wildman–Crippen MR) is 67.3 cm³/mol. The van der Waals surface area contributed by atoms with Crippen molar-refractivity contribution in [2.75, 3.05) is 0 Å². The number of allylic oxidation sites excluding steroid dienone is 2. The molecule has 3 heteroatoms. The third-order valence-electron chi connectivity index (χ3n) is 3.75. The van der Waals surface area contributed by atoms with Crippen LogP contribution in [0.2, 0.25) is 0 Å². The minimum absolute atomic E-state index is 0.123. The van der Waals surface area contributed by atoms with Crippen LogP contribution in [-0.4, -0.2) is 13.7 Å². The number of hydrogen-bond donors (Lipinski definition) is 0. The molecule has 2 aliphatic rings. The normalized spacial score (nSPS) is 31.1. The van der Waals surface area contributed by atoms with Gasteiger partial charge in [0.25, 0.3) is 0 Å². The second-order valence-electron chi connectivity index (χ2n) is 4.74. The summed E-state index contributed by atoms with van der Waals surface area (Å²) in [5.41, 5.74) is 0.862. The molecule has 0 aliphatic heterocycles. The van der Waals surface area contributed by atoms with E-state index in [1.54, 1.807) is 24.3 Å². The van der Waals surface area contributed by atoms with Crippen molar-refractivity contribution in [3.05, 3.63) is 54.6 Å². The van der Waals surface area contributed by atoms with E-state index in [9.17, 15) is 8.42 Å². The molecule has 88 valence electrons. The van der Waals surface area contributed by atoms with E-state index in [4.69, 9.17) is 0 Å². The van der Waals surface area contributed by atoms with Crippen molar-refractivity contribution < 1.29 is 8.42 Å². The van der Waals surface area contributed by atoms with E-state index in [1.807, 2.05) is 12.1 Å². The Hall–Kier alpha value is -1.35. The highest BCUT2D eigenvalue weighted by Crippen LogP contribution is 2.47. The summed E-state index contributed by atoms with van der Waals surface area (Å²) in [7, 11) is -3.27. The van der Waals surface area contributed by atoms with E-state index in [0.717, 1.165) is 12.0 Å². The number of hydrogen-bond acceptors (Lipinski definition) is 2. The van der Waals surface area contributed by atoms with Crippen LogP contribution in [0.1, 0.15) is 6.42 Å². The van der Waals surface area contributed by atoms with Crippen LogP contribution in [0.25, 0.3) is 0 Å². The molecule has 0 N–H and O–H groups in total. The molecule has 1 aromatic carbocycles. The Kier molecular flexibility index (Phi) is 2.26. The summed E-state index contributed by atoms with van der Waals surface area (Å²) >= 11 is 0. The van der Waals surface area contributed by atoms with Gasteiger partial charge in [-0.3, -0.25) is 0 Å². The molecule has 1 fully saturated rings. The fourth-order valence-electron chi connectivity index (χ4n) is 2.90. The lowest BCUT2D eigenvalue weighted by Crippen LogP contribution is -2.27. The lowest BCUT2D eigenvalue weighted by Gasteiger charge is -2.20. The molecular weight excluding hydrogens is 232 g/mol. The zero-order valence-corrected chi connectivity index (χ0v) is 10.2. The van der Waals surface area contributed by atoms with Crippen LogP contribution >= 0.6 is 0 Å². The Morgan fingerprint density at radius 2 is 1.82 bits per heavy atom. The third-order valence-corrected chi connectivity index (χ3v) is 6.00. The van der Waals surface area contributed by atoms with Crippen molar-refractivity contribution in [1.82, 2.24) is 0 Å². The molecule has 0 amide bonds. The van der Waals surface area contributed by atoms with Gasteiger partial charge in [0.2, 0.25) is 0 Å². The first-order chi connectivity index (χ1) is 8.10. The Balaban J connectivity index is 2.06. The largest absolute Gasteiger partial charge is 0.223 e. The summed E-state index contributed by atoms with van der Waals surface area (Å²) in [5.74, 6) is 0.390. The van der Waals surface area contributed by atoms with Crippen LogP contribution in [0, 0.1) is 11.8 Å². The standard InChI is InChI=1S/C14H14O2S/c1-10-11-7-8-12(9-11)14(10)17(15,16)13-5-3-2-4-6-13/h2-8,11-12,14H,1,9H2/t11-,12+,14+/m1/s1. The Morgan fingerprint density at radius 1 is 1.12 bits per heavy atom. The molecule has 2 nitrogen and oxygen atoms in total. The van der Waals surface area contributed by atoms with E-state index in [1.165, 1.54) is 0 Å². The third kappa shape index (κ3) is 1.49. The number of rotatable bonds is 2. The molecule has 2 bridgehead atoms. The minimum Gasteiger partial charge on any atom is -0.223 e. The van der Waals surface area contributed by atoms with Crippen LogP contribution in [0.3, 0.4) is 0 Å². The summed E-state index contributed by atoms with van der Waals surface area (Å²) < 4.78 is 25.1. The van der Waals surface area contributed by atoms with Crippen LogP contribution in [0.15, 0.2) is 59.5 Å². The Bertz CT molecular complexity index is 584. The molecule has 3 rings (SSSR count). The molecule has 0 saturated heterocycles. The molecule has 1 saturated carbocycles. The zero-order valence-electron chi connectivity index (χ0n) is 9.41. The molecule has 2 aliphatic carbocycles. The van der Waals surface area contributed by atoms with Crippen molar-refractivity contribution in [2.45, 2.75) is 16.6 Å². The van der Waals surface area contributed by atoms with Gasteiger partial charge in [0.05, 0.1) is 10.1 Å². The second-order valence-corrected chi connectivity index (χ2v) is 6.81. The van der Waals surface area contributed by atoms with Crippen molar-refractivity contribution >= 4 is 9.84 Å². The number of fused-ring (bicyclic) bond motifs is 2. The highest BCUT2D eigenvalue weighted by atomic mass is 32.2. The summed E-state index contributed by atoms with van der Waals surface area (Å²) in [6.07, 6.45) is 5.03. The molecule has 0 unspecified atom stereocenters. The summed E-state index contributed by atoms with van der Waals surface area (Å²) in [6.45, 7) is 3.98. The van der Waals surface area contributed by atoms with Crippen molar-refractivity contribution in [1.29, 1.82) is 0 Å². The van der Waals surface area contributed by atoms with Gasteiger partial charge in [-0.1, -0.05) is 42.5 Å². The van der Waals surface area contributed by atoms with Gasteiger partial charge in [-0.25, -0.2) is 8.42 Å². The van der Waals surface area contributed by atoms with E-state index >= 15 is 0 Å². The average molecular weight is 246 g/mol. The van der Waals surface area contributed by atoms with E-state index in [2.05, 4.69) is 12.7 Å². The van der Waals surface area contributed by atoms with Gasteiger partial charge >= 0.3 is 0 Å². The van der Waals surface area contributed by atoms with Gasteiger partial charge < -0.3 is 0 Å². The van der Waals surface area contributed by atoms with Gasteiger partial charge in [-0.15, -0.1) is 0 Å². The zero-order chi connectivity index (χ0) is 12.0. The molecule has 1 aromatic rings. The topological polar surface area (TPSA) is 34.1 Å². The molecule has 0 heterocycles. The van der Waals surface area contributed by atoms with Crippen LogP contribution in [-0.2, 0) is 9.84 Å². The summed E-state index contributed by atoms with van der Waals surface area (Å²) in [4.78, 5) is 0.409. The maximum Gasteiger partial charge on any atom is 0.185 e. The summed E-state index contributed by atoms with van der Waals surface area (Å²) in [5, 5.41) is -0.417. The van der Waals surface area contributed by atoms with Gasteiger partial charge in [0.15, 0.2) is 9.84 Å². The van der Waals surface area contributed by atoms with Gasteiger partial charge in [0.1, 0.15) is 0 Å². The smallest absolute Gasteiger partial charge is 0.185 e. The van der Waals surface area contributed by atoms with E-state index in [0.29, 0.717) is 4.90 Å². The molecule has 0 spiro atoms. The van der Waals surface area contributed by atoms with Crippen LogP contribution in [0.5, 0.6) is 0 Å². The average Bonchev–Trinajstić information content (AvgIpc) is 2.90. The Morgan fingerprint density at radius 3 is 2.41 bits per heavy atom. The van der Waals surface area contributed by atoms with E-state index < -0.39 is 15.1 Å². The molecule has 0 aromatic heterocycles. The monoisotopic (exact) mass is 246 g/mol. The number of benzene rings is 1. The molecule has 3 atom stereocenters. The molecule has 0 radical (unpaired) electrons. The predicted octanol–water partition coefficient (Wildman–Crippen LogP) is 2.59. The van der Waals surface area contributed by atoms with Crippen molar-refractivity contribution in [2.24, 2.45) is 11.8 Å². The minimum atomic E-state index is -3.27. The highest BCUT2D eigenvalue weighted by Gasteiger charge is 2.46. The van der Waals surface area contributed by atoms with Crippen LogP contribution < -0.4 is 0 Å². The SMILES string of the molecule is C=C1[C@@H]2C=C[C@@H](C2)[C@H]1S(=O)(=O)c1ccccc1.